The van der Waals surface area contributed by atoms with Crippen molar-refractivity contribution in [3.8, 4) is 11.8 Å². The Bertz CT molecular complexity index is 820. The van der Waals surface area contributed by atoms with Crippen LogP contribution in [-0.2, 0) is 6.42 Å². The molecular weight excluding hydrogens is 374 g/mol. The summed E-state index contributed by atoms with van der Waals surface area (Å²) >= 11 is 1.53. The van der Waals surface area contributed by atoms with Crippen LogP contribution in [0, 0.1) is 18.3 Å². The summed E-state index contributed by atoms with van der Waals surface area (Å²) in [6.07, 6.45) is -0.218. The Kier molecular flexibility index (Phi) is 7.04. The van der Waals surface area contributed by atoms with Crippen LogP contribution in [0.1, 0.15) is 20.1 Å². The normalized spacial score (nSPS) is 15.8. The molecule has 1 aliphatic rings. The zero-order valence-corrected chi connectivity index (χ0v) is 16.8. The van der Waals surface area contributed by atoms with Crippen LogP contribution in [0.25, 0.3) is 0 Å². The number of rotatable bonds is 7. The van der Waals surface area contributed by atoms with Crippen molar-refractivity contribution in [2.24, 2.45) is 0 Å². The molecule has 1 aromatic carbocycles. The van der Waals surface area contributed by atoms with Crippen molar-refractivity contribution >= 4 is 17.2 Å². The van der Waals surface area contributed by atoms with Gasteiger partial charge in [0.15, 0.2) is 0 Å². The number of benzene rings is 1. The molecule has 0 spiro atoms. The fraction of sp³-hybridized carbons (Fsp3) is 0.429. The molecule has 3 rings (SSSR count). The van der Waals surface area contributed by atoms with Crippen LogP contribution in [0.5, 0.6) is 5.75 Å². The van der Waals surface area contributed by atoms with E-state index in [0.29, 0.717) is 31.8 Å². The molecule has 1 saturated heterocycles. The molecular formula is C21H25N3O3S. The van der Waals surface area contributed by atoms with Gasteiger partial charge >= 0.3 is 0 Å². The summed E-state index contributed by atoms with van der Waals surface area (Å²) in [6.45, 7) is 5.57. The summed E-state index contributed by atoms with van der Waals surface area (Å²) in [5.41, 5.74) is 0.945. The molecule has 6 nitrogen and oxygen atoms in total. The van der Waals surface area contributed by atoms with Crippen LogP contribution in [0.2, 0.25) is 0 Å². The lowest BCUT2D eigenvalue weighted by Gasteiger charge is -2.35. The lowest BCUT2D eigenvalue weighted by Crippen LogP contribution is -2.50. The lowest BCUT2D eigenvalue weighted by atomic mass is 10.2. The van der Waals surface area contributed by atoms with E-state index in [1.807, 2.05) is 48.2 Å². The van der Waals surface area contributed by atoms with Crippen molar-refractivity contribution in [1.82, 2.24) is 9.80 Å². The van der Waals surface area contributed by atoms with Crippen molar-refractivity contribution in [2.45, 2.75) is 19.4 Å². The van der Waals surface area contributed by atoms with Crippen molar-refractivity contribution in [3.05, 3.63) is 51.7 Å². The number of nitrogens with zero attached hydrogens (tertiary/aromatic N) is 3. The highest BCUT2D eigenvalue weighted by Gasteiger charge is 2.24. The van der Waals surface area contributed by atoms with E-state index >= 15 is 0 Å². The monoisotopic (exact) mass is 399 g/mol. The SMILES string of the molecule is Cc1ccc(C(=O)N2CCN(CC(O)COc3ccc(CC#N)cc3)CC2)s1. The van der Waals surface area contributed by atoms with Gasteiger partial charge in [0, 0.05) is 37.6 Å². The molecule has 1 unspecified atom stereocenters. The van der Waals surface area contributed by atoms with Crippen molar-refractivity contribution in [3.63, 3.8) is 0 Å². The first-order chi connectivity index (χ1) is 13.5. The molecule has 1 aliphatic heterocycles. The Morgan fingerprint density at radius 2 is 1.93 bits per heavy atom. The number of aliphatic hydroxyl groups is 1. The molecule has 1 aromatic heterocycles. The predicted octanol–water partition coefficient (Wildman–Crippen LogP) is 2.32. The molecule has 0 aliphatic carbocycles. The predicted molar refractivity (Wildman–Crippen MR) is 109 cm³/mol. The van der Waals surface area contributed by atoms with Crippen LogP contribution in [0.3, 0.4) is 0 Å². The smallest absolute Gasteiger partial charge is 0.264 e. The molecule has 28 heavy (non-hydrogen) atoms. The molecule has 1 N–H and O–H groups in total. The van der Waals surface area contributed by atoms with Gasteiger partial charge in [0.05, 0.1) is 17.4 Å². The summed E-state index contributed by atoms with van der Waals surface area (Å²) in [5, 5.41) is 19.0. The van der Waals surface area contributed by atoms with E-state index in [0.717, 1.165) is 28.4 Å². The number of hydrogen-bond acceptors (Lipinski definition) is 6. The lowest BCUT2D eigenvalue weighted by molar-refractivity contribution is 0.0406. The number of thiophene rings is 1. The third-order valence-electron chi connectivity index (χ3n) is 4.73. The highest BCUT2D eigenvalue weighted by atomic mass is 32.1. The first-order valence-electron chi connectivity index (χ1n) is 9.40. The minimum atomic E-state index is -0.596. The van der Waals surface area contributed by atoms with Gasteiger partial charge < -0.3 is 14.7 Å². The second-order valence-corrected chi connectivity index (χ2v) is 8.23. The number of β-amino-alcohol motifs (C(OH)–C–C–N with tert-alkyl or cyclic N) is 1. The molecule has 2 heterocycles. The van der Waals surface area contributed by atoms with Gasteiger partial charge in [-0.05, 0) is 36.8 Å². The molecule has 1 atom stereocenters. The zero-order chi connectivity index (χ0) is 19.9. The summed E-state index contributed by atoms with van der Waals surface area (Å²) < 4.78 is 5.64. The number of carbonyl (C=O) groups is 1. The maximum absolute atomic E-state index is 12.5. The topological polar surface area (TPSA) is 76.8 Å². The van der Waals surface area contributed by atoms with E-state index < -0.39 is 6.10 Å². The average Bonchev–Trinajstić information content (AvgIpc) is 3.14. The maximum atomic E-state index is 12.5. The van der Waals surface area contributed by atoms with Crippen LogP contribution < -0.4 is 4.74 Å². The Hall–Kier alpha value is -2.40. The van der Waals surface area contributed by atoms with Gasteiger partial charge in [-0.1, -0.05) is 12.1 Å². The minimum absolute atomic E-state index is 0.0986. The largest absolute Gasteiger partial charge is 0.491 e. The van der Waals surface area contributed by atoms with Gasteiger partial charge in [-0.3, -0.25) is 9.69 Å². The Balaban J connectivity index is 1.39. The number of carbonyl (C=O) groups excluding carboxylic acids is 1. The third kappa shape index (κ3) is 5.55. The Labute approximate surface area is 169 Å². The summed E-state index contributed by atoms with van der Waals surface area (Å²) in [7, 11) is 0. The quantitative estimate of drug-likeness (QED) is 0.773. The molecule has 0 radical (unpaired) electrons. The van der Waals surface area contributed by atoms with Crippen molar-refractivity contribution < 1.29 is 14.6 Å². The van der Waals surface area contributed by atoms with Crippen LogP contribution >= 0.6 is 11.3 Å². The van der Waals surface area contributed by atoms with Gasteiger partial charge in [-0.2, -0.15) is 5.26 Å². The van der Waals surface area contributed by atoms with Gasteiger partial charge in [0.2, 0.25) is 0 Å². The molecule has 2 aromatic rings. The Morgan fingerprint density at radius 3 is 2.54 bits per heavy atom. The highest BCUT2D eigenvalue weighted by Crippen LogP contribution is 2.18. The highest BCUT2D eigenvalue weighted by molar-refractivity contribution is 7.13. The molecule has 1 fully saturated rings. The van der Waals surface area contributed by atoms with Gasteiger partial charge in [0.1, 0.15) is 18.5 Å². The number of aryl methyl sites for hydroxylation is 1. The summed E-state index contributed by atoms with van der Waals surface area (Å²) in [4.78, 5) is 18.5. The molecule has 0 bridgehead atoms. The fourth-order valence-electron chi connectivity index (χ4n) is 3.18. The first kappa shape index (κ1) is 20.3. The van der Waals surface area contributed by atoms with E-state index in [1.54, 1.807) is 0 Å². The number of nitriles is 1. The number of piperazine rings is 1. The van der Waals surface area contributed by atoms with Crippen LogP contribution in [-0.4, -0.2) is 66.2 Å². The first-order valence-corrected chi connectivity index (χ1v) is 10.2. The van der Waals surface area contributed by atoms with Crippen molar-refractivity contribution in [2.75, 3.05) is 39.3 Å². The summed E-state index contributed by atoms with van der Waals surface area (Å²) in [6, 6.07) is 13.3. The number of hydrogen-bond donors (Lipinski definition) is 1. The molecule has 1 amide bonds. The van der Waals surface area contributed by atoms with E-state index in [9.17, 15) is 9.90 Å². The molecule has 7 heteroatoms. The van der Waals surface area contributed by atoms with E-state index in [2.05, 4.69) is 11.0 Å². The van der Waals surface area contributed by atoms with Crippen molar-refractivity contribution in [1.29, 1.82) is 5.26 Å². The zero-order valence-electron chi connectivity index (χ0n) is 16.0. The van der Waals surface area contributed by atoms with Gasteiger partial charge in [-0.25, -0.2) is 0 Å². The number of amides is 1. The maximum Gasteiger partial charge on any atom is 0.264 e. The van der Waals surface area contributed by atoms with Gasteiger partial charge in [-0.15, -0.1) is 11.3 Å². The van der Waals surface area contributed by atoms with Gasteiger partial charge in [0.25, 0.3) is 5.91 Å². The summed E-state index contributed by atoms with van der Waals surface area (Å²) in [5.74, 6) is 0.781. The van der Waals surface area contributed by atoms with E-state index in [1.165, 1.54) is 11.3 Å². The Morgan fingerprint density at radius 1 is 1.21 bits per heavy atom. The molecule has 0 saturated carbocycles. The average molecular weight is 400 g/mol. The second-order valence-electron chi connectivity index (χ2n) is 6.95. The van der Waals surface area contributed by atoms with Crippen LogP contribution in [0.4, 0.5) is 0 Å². The molecule has 148 valence electrons. The number of aliphatic hydroxyl groups excluding tert-OH is 1. The second kappa shape index (κ2) is 9.69. The van der Waals surface area contributed by atoms with Crippen LogP contribution in [0.15, 0.2) is 36.4 Å². The third-order valence-corrected chi connectivity index (χ3v) is 5.72. The minimum Gasteiger partial charge on any atom is -0.491 e. The van der Waals surface area contributed by atoms with E-state index in [4.69, 9.17) is 10.00 Å². The number of ether oxygens (including phenoxy) is 1. The van der Waals surface area contributed by atoms with E-state index in [-0.39, 0.29) is 12.5 Å². The standard InChI is InChI=1S/C21H25N3O3S/c1-16-2-7-20(28-16)21(26)24-12-10-23(11-13-24)14-18(25)15-27-19-5-3-17(4-6-19)8-9-22/h2-7,18,25H,8,10-15H2,1H3. The fourth-order valence-corrected chi connectivity index (χ4v) is 4.01.